The second-order valence-corrected chi connectivity index (χ2v) is 8.99. The van der Waals surface area contributed by atoms with Gasteiger partial charge >= 0.3 is 23.9 Å². The molecule has 5 heteroatoms. The maximum absolute atomic E-state index is 12.8. The smallest absolute Gasteiger partial charge is 0.872 e. The van der Waals surface area contributed by atoms with E-state index in [2.05, 4.69) is 0 Å². The Morgan fingerprint density at radius 2 is 0.750 bits per heavy atom. The topological polar surface area (TPSA) is 73.6 Å². The second kappa shape index (κ2) is 10.6. The molecule has 1 N–H and O–H groups in total. The van der Waals surface area contributed by atoms with Gasteiger partial charge in [-0.25, -0.2) is 0 Å². The molecule has 0 fully saturated rings. The molecular weight excluding hydrogens is 505 g/mol. The summed E-state index contributed by atoms with van der Waals surface area (Å²) >= 11 is 0. The molecule has 3 aromatic rings. The molecule has 0 spiro atoms. The van der Waals surface area contributed by atoms with Gasteiger partial charge in [-0.05, 0) is 58.2 Å². The molecule has 32 heavy (non-hydrogen) atoms. The van der Waals surface area contributed by atoms with E-state index in [0.717, 1.165) is 55.0 Å². The molecule has 0 aliphatic heterocycles. The first-order valence-electron chi connectivity index (χ1n) is 10.7. The van der Waals surface area contributed by atoms with Crippen LogP contribution >= 0.6 is 0 Å². The van der Waals surface area contributed by atoms with Gasteiger partial charge in [-0.3, -0.25) is 0 Å². The van der Waals surface area contributed by atoms with Crippen LogP contribution in [0.4, 0.5) is 0 Å². The van der Waals surface area contributed by atoms with Gasteiger partial charge in [0.1, 0.15) is 19.6 Å². The van der Waals surface area contributed by atoms with Crippen LogP contribution in [0.3, 0.4) is 0 Å². The first-order chi connectivity index (χ1) is 14.5. The molecule has 0 atom stereocenters. The Morgan fingerprint density at radius 1 is 0.500 bits per heavy atom. The molecule has 166 valence electrons. The summed E-state index contributed by atoms with van der Waals surface area (Å²) in [6, 6.07) is 11.5. The molecule has 3 rings (SSSR count). The van der Waals surface area contributed by atoms with Crippen molar-refractivity contribution in [2.45, 2.75) is 61.2 Å². The van der Waals surface area contributed by atoms with Crippen LogP contribution in [-0.2, 0) is 19.6 Å². The standard InChI is InChI=1S/C27H33NO3.Sn/c1-16-7-19(4)25(29)22(10-16)13-28(14-23-11-17(2)8-20(5)26(23)30)15-24-12-18(3)9-21(6)27(24)31;/h7-12,29-31H,13-15H2,1-6H3;/q;+2/p-2. The molecule has 0 aromatic heterocycles. The average molecular weight is 536 g/mol. The van der Waals surface area contributed by atoms with Gasteiger partial charge in [0.25, 0.3) is 0 Å². The Kier molecular flexibility index (Phi) is 8.66. The van der Waals surface area contributed by atoms with Crippen LogP contribution in [0.15, 0.2) is 36.4 Å². The van der Waals surface area contributed by atoms with Crippen LogP contribution < -0.4 is 20.2 Å². The molecule has 4 nitrogen and oxygen atoms in total. The minimum Gasteiger partial charge on any atom is -0.872 e. The predicted octanol–water partition coefficient (Wildman–Crippen LogP) is 2.16. The van der Waals surface area contributed by atoms with E-state index < -0.39 is 0 Å². The maximum atomic E-state index is 12.8. The van der Waals surface area contributed by atoms with Crippen LogP contribution in [0.1, 0.15) is 50.1 Å². The van der Waals surface area contributed by atoms with Crippen molar-refractivity contribution in [1.82, 2.24) is 0 Å². The molecule has 0 heterocycles. The molecule has 0 saturated heterocycles. The molecule has 0 aliphatic rings. The average Bonchev–Trinajstić information content (AvgIpc) is 2.67. The van der Waals surface area contributed by atoms with Crippen molar-refractivity contribution < 1.29 is 20.2 Å². The van der Waals surface area contributed by atoms with E-state index in [1.807, 2.05) is 77.9 Å². The number of rotatable bonds is 6. The first kappa shape index (κ1) is 26.1. The fraction of sp³-hybridized carbons (Fsp3) is 0.333. The predicted molar refractivity (Wildman–Crippen MR) is 124 cm³/mol. The fourth-order valence-electron chi connectivity index (χ4n) is 4.52. The third-order valence-corrected chi connectivity index (χ3v) is 5.81. The first-order valence-corrected chi connectivity index (χ1v) is 10.7. The second-order valence-electron chi connectivity index (χ2n) is 8.99. The summed E-state index contributed by atoms with van der Waals surface area (Å²) in [4.78, 5) is 1.01. The number of hydrogen-bond donors (Lipinski definition) is 1. The van der Waals surface area contributed by atoms with Crippen LogP contribution in [0, 0.1) is 41.5 Å². The van der Waals surface area contributed by atoms with Crippen molar-refractivity contribution in [2.75, 3.05) is 0 Å². The van der Waals surface area contributed by atoms with Gasteiger partial charge in [0.05, 0.1) is 0 Å². The van der Waals surface area contributed by atoms with E-state index in [1.54, 1.807) is 0 Å². The van der Waals surface area contributed by atoms with E-state index in [-0.39, 0.29) is 41.2 Å². The summed E-state index contributed by atoms with van der Waals surface area (Å²) in [6.07, 6.45) is 0. The Hall–Kier alpha value is -2.18. The third kappa shape index (κ3) is 5.99. The maximum Gasteiger partial charge on any atom is 2.00 e. The van der Waals surface area contributed by atoms with Gasteiger partial charge in [0, 0.05) is 0 Å². The fourth-order valence-corrected chi connectivity index (χ4v) is 4.52. The monoisotopic (exact) mass is 537 g/mol. The van der Waals surface area contributed by atoms with Crippen LogP contribution in [0.2, 0.25) is 0 Å². The molecule has 3 aromatic carbocycles. The molecule has 0 aliphatic carbocycles. The Morgan fingerprint density at radius 3 is 1.00 bits per heavy atom. The van der Waals surface area contributed by atoms with E-state index in [9.17, 15) is 15.3 Å². The number of aryl methyl sites for hydroxylation is 6. The van der Waals surface area contributed by atoms with Crippen molar-refractivity contribution in [3.63, 3.8) is 0 Å². The number of benzene rings is 3. The van der Waals surface area contributed by atoms with Gasteiger partial charge in [-0.15, -0.1) is 0 Å². The van der Waals surface area contributed by atoms with Crippen molar-refractivity contribution in [3.8, 4) is 17.2 Å². The zero-order chi connectivity index (χ0) is 22.9. The normalized spacial score (nSPS) is 11.0. The van der Waals surface area contributed by atoms with Crippen molar-refractivity contribution in [3.05, 3.63) is 86.5 Å². The molecule has 0 bridgehead atoms. The van der Waals surface area contributed by atoms with E-state index >= 15 is 0 Å². The molecule has 0 saturated carbocycles. The minimum atomic E-state index is 0. The van der Waals surface area contributed by atoms with E-state index in [4.69, 9.17) is 0 Å². The van der Waals surface area contributed by atoms with E-state index in [1.165, 1.54) is 0 Å². The molecular formula is C27H31NO3Sn. The zero-order valence-corrected chi connectivity index (χ0v) is 22.7. The zero-order valence-electron chi connectivity index (χ0n) is 19.8. The van der Waals surface area contributed by atoms with Crippen molar-refractivity contribution >= 4 is 23.9 Å². The quantitative estimate of drug-likeness (QED) is 0.492. The minimum absolute atomic E-state index is 0. The summed E-state index contributed by atoms with van der Waals surface area (Å²) in [5, 5.41) is 38.3. The summed E-state index contributed by atoms with van der Waals surface area (Å²) in [5.41, 5.74) is 7.46. The van der Waals surface area contributed by atoms with Gasteiger partial charge in [0.15, 0.2) is 0 Å². The SMILES string of the molecule is Cc1cc(C)c([O-])c(C[NH+](Cc2cc(C)cc(C)c2[O-])Cc2cc(C)cc(C)c2[O-])c1.[Sn+2]. The molecule has 0 amide bonds. The third-order valence-electron chi connectivity index (χ3n) is 5.81. The molecule has 2 radical (unpaired) electrons. The van der Waals surface area contributed by atoms with Crippen LogP contribution in [0.5, 0.6) is 17.2 Å². The largest absolute Gasteiger partial charge is 2.00 e. The Balaban J connectivity index is 0.00000363. The Labute approximate surface area is 208 Å². The van der Waals surface area contributed by atoms with Gasteiger partial charge < -0.3 is 20.2 Å². The summed E-state index contributed by atoms with van der Waals surface area (Å²) in [5.74, 6) is 0.107. The van der Waals surface area contributed by atoms with Gasteiger partial charge in [0.2, 0.25) is 0 Å². The number of hydrogen-bond acceptors (Lipinski definition) is 3. The number of quaternary nitrogens is 1. The molecule has 0 unspecified atom stereocenters. The summed E-state index contributed by atoms with van der Waals surface area (Å²) < 4.78 is 0. The van der Waals surface area contributed by atoms with Crippen LogP contribution in [-0.4, -0.2) is 23.9 Å². The van der Waals surface area contributed by atoms with Gasteiger partial charge in [-0.2, -0.15) is 0 Å². The van der Waals surface area contributed by atoms with Crippen LogP contribution in [0.25, 0.3) is 0 Å². The van der Waals surface area contributed by atoms with E-state index in [0.29, 0.717) is 19.6 Å². The summed E-state index contributed by atoms with van der Waals surface area (Å²) in [7, 11) is 0. The summed E-state index contributed by atoms with van der Waals surface area (Å²) in [6.45, 7) is 12.8. The van der Waals surface area contributed by atoms with Gasteiger partial charge in [-0.1, -0.05) is 87.0 Å². The number of nitrogens with one attached hydrogen (secondary N) is 1. The van der Waals surface area contributed by atoms with Crippen molar-refractivity contribution in [1.29, 1.82) is 0 Å². The Bertz CT molecular complexity index is 983. The van der Waals surface area contributed by atoms with Crippen molar-refractivity contribution in [2.24, 2.45) is 0 Å².